The minimum atomic E-state index is -3.14. The summed E-state index contributed by atoms with van der Waals surface area (Å²) < 4.78 is 29.9. The Labute approximate surface area is 126 Å². The molecule has 2 rings (SSSR count). The van der Waals surface area contributed by atoms with Crippen molar-refractivity contribution in [2.75, 3.05) is 44.4 Å². The first-order valence-electron chi connectivity index (χ1n) is 6.89. The minimum Gasteiger partial charge on any atom is -0.496 e. The Morgan fingerprint density at radius 3 is 2.33 bits per heavy atom. The molecular weight excluding hydrogens is 292 g/mol. The number of aliphatic hydroxyl groups excluding tert-OH is 1. The van der Waals surface area contributed by atoms with E-state index in [0.29, 0.717) is 31.9 Å². The van der Waals surface area contributed by atoms with Gasteiger partial charge in [0.05, 0.1) is 19.5 Å². The van der Waals surface area contributed by atoms with Crippen molar-refractivity contribution in [2.45, 2.75) is 13.0 Å². The van der Waals surface area contributed by atoms with E-state index >= 15 is 0 Å². The molecule has 0 unspecified atom stereocenters. The number of aliphatic hydroxyl groups is 1. The summed E-state index contributed by atoms with van der Waals surface area (Å²) in [5, 5.41) is 10.0. The summed E-state index contributed by atoms with van der Waals surface area (Å²) in [5.74, 6) is 0.646. The molecule has 1 fully saturated rings. The summed E-state index contributed by atoms with van der Waals surface area (Å²) in [6.45, 7) is 3.80. The fraction of sp³-hybridized carbons (Fsp3) is 0.571. The largest absolute Gasteiger partial charge is 0.496 e. The van der Waals surface area contributed by atoms with Crippen molar-refractivity contribution in [3.63, 3.8) is 0 Å². The number of benzene rings is 1. The second kappa shape index (κ2) is 6.21. The van der Waals surface area contributed by atoms with E-state index in [2.05, 4.69) is 4.90 Å². The third-order valence-electron chi connectivity index (χ3n) is 3.73. The van der Waals surface area contributed by atoms with Crippen molar-refractivity contribution < 1.29 is 18.3 Å². The molecule has 1 aliphatic heterocycles. The molecule has 1 aromatic carbocycles. The lowest BCUT2D eigenvalue weighted by Gasteiger charge is -2.36. The summed E-state index contributed by atoms with van der Waals surface area (Å²) in [6.07, 6.45) is 0.583. The molecule has 6 nitrogen and oxygen atoms in total. The van der Waals surface area contributed by atoms with Crippen molar-refractivity contribution in [3.8, 4) is 5.75 Å². The first-order valence-corrected chi connectivity index (χ1v) is 8.74. The molecule has 1 saturated heterocycles. The molecule has 1 aliphatic rings. The Hall–Kier alpha value is -1.31. The van der Waals surface area contributed by atoms with Crippen molar-refractivity contribution in [1.29, 1.82) is 0 Å². The molecule has 118 valence electrons. The van der Waals surface area contributed by atoms with Crippen LogP contribution in [0.3, 0.4) is 0 Å². The molecule has 7 heteroatoms. The SMILES string of the molecule is COc1cccc(N2CCN(S(C)(=O)=O)CC2)c1[C@H](C)O. The van der Waals surface area contributed by atoms with Gasteiger partial charge in [-0.05, 0) is 19.1 Å². The highest BCUT2D eigenvalue weighted by Crippen LogP contribution is 2.35. The monoisotopic (exact) mass is 314 g/mol. The molecule has 1 aromatic rings. The standard InChI is InChI=1S/C14H22N2O4S/c1-11(17)14-12(5-4-6-13(14)20-2)15-7-9-16(10-8-15)21(3,18)19/h4-6,11,17H,7-10H2,1-3H3/t11-/m0/s1. The first kappa shape index (κ1) is 16.1. The lowest BCUT2D eigenvalue weighted by Crippen LogP contribution is -2.48. The molecular formula is C14H22N2O4S. The molecule has 0 amide bonds. The highest BCUT2D eigenvalue weighted by molar-refractivity contribution is 7.88. The van der Waals surface area contributed by atoms with E-state index < -0.39 is 16.1 Å². The van der Waals surface area contributed by atoms with Gasteiger partial charge >= 0.3 is 0 Å². The second-order valence-corrected chi connectivity index (χ2v) is 7.20. The molecule has 0 radical (unpaired) electrons. The summed E-state index contributed by atoms with van der Waals surface area (Å²) in [5.41, 5.74) is 1.64. The molecule has 0 saturated carbocycles. The van der Waals surface area contributed by atoms with Gasteiger partial charge in [-0.3, -0.25) is 0 Å². The first-order chi connectivity index (χ1) is 9.84. The normalized spacial score (nSPS) is 18.6. The third kappa shape index (κ3) is 3.48. The van der Waals surface area contributed by atoms with Crippen LogP contribution in [0.15, 0.2) is 18.2 Å². The number of hydrogen-bond donors (Lipinski definition) is 1. The fourth-order valence-electron chi connectivity index (χ4n) is 2.67. The highest BCUT2D eigenvalue weighted by Gasteiger charge is 2.26. The molecule has 0 spiro atoms. The highest BCUT2D eigenvalue weighted by atomic mass is 32.2. The van der Waals surface area contributed by atoms with Gasteiger partial charge in [-0.25, -0.2) is 8.42 Å². The van der Waals surface area contributed by atoms with E-state index in [1.165, 1.54) is 10.6 Å². The van der Waals surface area contributed by atoms with Crippen LogP contribution in [0.4, 0.5) is 5.69 Å². The van der Waals surface area contributed by atoms with Gasteiger partial charge in [-0.1, -0.05) is 6.07 Å². The lowest BCUT2D eigenvalue weighted by molar-refractivity contribution is 0.194. The second-order valence-electron chi connectivity index (χ2n) is 5.22. The Morgan fingerprint density at radius 1 is 1.24 bits per heavy atom. The number of nitrogens with zero attached hydrogens (tertiary/aromatic N) is 2. The zero-order valence-corrected chi connectivity index (χ0v) is 13.4. The van der Waals surface area contributed by atoms with Crippen molar-refractivity contribution in [1.82, 2.24) is 4.31 Å². The predicted octanol–water partition coefficient (Wildman–Crippen LogP) is 0.830. The zero-order valence-electron chi connectivity index (χ0n) is 12.6. The van der Waals surface area contributed by atoms with Crippen LogP contribution in [-0.4, -0.2) is 57.4 Å². The van der Waals surface area contributed by atoms with Gasteiger partial charge in [-0.15, -0.1) is 0 Å². The van der Waals surface area contributed by atoms with Gasteiger partial charge in [0.25, 0.3) is 0 Å². The van der Waals surface area contributed by atoms with Gasteiger partial charge in [0.15, 0.2) is 0 Å². The van der Waals surface area contributed by atoms with Crippen LogP contribution >= 0.6 is 0 Å². The molecule has 0 aliphatic carbocycles. The Morgan fingerprint density at radius 2 is 1.86 bits per heavy atom. The molecule has 1 N–H and O–H groups in total. The zero-order chi connectivity index (χ0) is 15.6. The quantitative estimate of drug-likeness (QED) is 0.891. The number of methoxy groups -OCH3 is 1. The van der Waals surface area contributed by atoms with E-state index in [1.807, 2.05) is 18.2 Å². The number of hydrogen-bond acceptors (Lipinski definition) is 5. The summed E-state index contributed by atoms with van der Waals surface area (Å²) in [6, 6.07) is 5.63. The maximum Gasteiger partial charge on any atom is 0.211 e. The van der Waals surface area contributed by atoms with Crippen molar-refractivity contribution in [2.24, 2.45) is 0 Å². The molecule has 1 heterocycles. The Bertz CT molecular complexity index is 593. The van der Waals surface area contributed by atoms with Crippen LogP contribution in [0.25, 0.3) is 0 Å². The van der Waals surface area contributed by atoms with E-state index in [1.54, 1.807) is 14.0 Å². The number of piperazine rings is 1. The van der Waals surface area contributed by atoms with Crippen molar-refractivity contribution >= 4 is 15.7 Å². The lowest BCUT2D eigenvalue weighted by atomic mass is 10.1. The minimum absolute atomic E-state index is 0.454. The molecule has 0 bridgehead atoms. The van der Waals surface area contributed by atoms with Crippen molar-refractivity contribution in [3.05, 3.63) is 23.8 Å². The van der Waals surface area contributed by atoms with Crippen LogP contribution in [0, 0.1) is 0 Å². The van der Waals surface area contributed by atoms with Crippen LogP contribution in [0.2, 0.25) is 0 Å². The number of sulfonamides is 1. The maximum absolute atomic E-state index is 11.6. The van der Waals surface area contributed by atoms with Crippen LogP contribution in [-0.2, 0) is 10.0 Å². The van der Waals surface area contributed by atoms with Gasteiger partial charge in [0.1, 0.15) is 5.75 Å². The van der Waals surface area contributed by atoms with E-state index in [0.717, 1.165) is 11.3 Å². The van der Waals surface area contributed by atoms with Crippen LogP contribution in [0.5, 0.6) is 5.75 Å². The fourth-order valence-corrected chi connectivity index (χ4v) is 3.49. The average Bonchev–Trinajstić information content (AvgIpc) is 2.45. The summed E-state index contributed by atoms with van der Waals surface area (Å²) >= 11 is 0. The van der Waals surface area contributed by atoms with Gasteiger partial charge < -0.3 is 14.7 Å². The number of anilines is 1. The topological polar surface area (TPSA) is 70.1 Å². The third-order valence-corrected chi connectivity index (χ3v) is 5.03. The molecule has 21 heavy (non-hydrogen) atoms. The van der Waals surface area contributed by atoms with Gasteiger partial charge in [0, 0.05) is 37.4 Å². The van der Waals surface area contributed by atoms with Gasteiger partial charge in [-0.2, -0.15) is 4.31 Å². The van der Waals surface area contributed by atoms with E-state index in [9.17, 15) is 13.5 Å². The van der Waals surface area contributed by atoms with Crippen LogP contribution < -0.4 is 9.64 Å². The molecule has 1 atom stereocenters. The van der Waals surface area contributed by atoms with Crippen LogP contribution in [0.1, 0.15) is 18.6 Å². The smallest absolute Gasteiger partial charge is 0.211 e. The Kier molecular flexibility index (Phi) is 4.75. The Balaban J connectivity index is 2.25. The summed E-state index contributed by atoms with van der Waals surface area (Å²) in [4.78, 5) is 2.09. The number of rotatable bonds is 4. The van der Waals surface area contributed by atoms with Gasteiger partial charge in [0.2, 0.25) is 10.0 Å². The van der Waals surface area contributed by atoms with E-state index in [-0.39, 0.29) is 0 Å². The van der Waals surface area contributed by atoms with E-state index in [4.69, 9.17) is 4.74 Å². The number of ether oxygens (including phenoxy) is 1. The summed E-state index contributed by atoms with van der Waals surface area (Å²) in [7, 11) is -1.56. The predicted molar refractivity (Wildman–Crippen MR) is 82.3 cm³/mol. The molecule has 0 aromatic heterocycles. The maximum atomic E-state index is 11.6. The average molecular weight is 314 g/mol.